The molecule has 107 heavy (non-hydrogen) atoms. The molecule has 0 radical (unpaired) electrons. The summed E-state index contributed by atoms with van der Waals surface area (Å²) >= 11 is 0. The molecule has 12 rings (SSSR count). The van der Waals surface area contributed by atoms with Gasteiger partial charge in [0.1, 0.15) is 60.7 Å². The number of nitrogens with one attached hydrogen (secondary N) is 9. The van der Waals surface area contributed by atoms with E-state index in [1.807, 2.05) is 72.8 Å². The van der Waals surface area contributed by atoms with Crippen molar-refractivity contribution in [1.82, 2.24) is 57.7 Å². The van der Waals surface area contributed by atoms with Gasteiger partial charge >= 0.3 is 17.9 Å². The number of carboxylic acid groups (broad SMARTS) is 3. The summed E-state index contributed by atoms with van der Waals surface area (Å²) < 4.78 is 12.4. The summed E-state index contributed by atoms with van der Waals surface area (Å²) in [6, 6.07) is 24.0. The molecule has 28 heteroatoms. The van der Waals surface area contributed by atoms with Gasteiger partial charge in [-0.15, -0.1) is 0 Å². The zero-order chi connectivity index (χ0) is 77.4. The zero-order valence-electron chi connectivity index (χ0n) is 61.1. The largest absolute Gasteiger partial charge is 0.490 e. The van der Waals surface area contributed by atoms with Crippen LogP contribution in [-0.4, -0.2) is 209 Å². The molecule has 568 valence electrons. The lowest BCUT2D eigenvalue weighted by atomic mass is 9.85. The van der Waals surface area contributed by atoms with Crippen molar-refractivity contribution in [2.45, 2.75) is 165 Å². The molecule has 6 aromatic carbocycles. The second-order valence-electron chi connectivity index (χ2n) is 28.9. The van der Waals surface area contributed by atoms with Crippen molar-refractivity contribution < 1.29 is 82.3 Å². The van der Waals surface area contributed by atoms with Gasteiger partial charge in [0.2, 0.25) is 47.3 Å². The van der Waals surface area contributed by atoms with E-state index in [-0.39, 0.29) is 76.8 Å². The standard InChI is InChI=1S/C79H95N11O17/c1-45(80-7)67(93)83-58(31-32-65(91)92)74(100)90-44-79(6)42-64(90)73(99)85-60(40-50-22-26-52-16-10-12-18-55(52)36-50)71(97)86-61(76(102)103)37-47-19-27-53(28-20-47)69(95)82-56-41-63(89(43-56)75(101)66(78(3,4)5)88-68(94)46(2)81-8)72(98)84-59(39-49-21-25-51-15-9-11-17-54(51)35-49)70(96)87-62(77(104)105)38-48-23-29-57(30-24-48)106-33-13-14-34-107-79/h9-30,35-36,45-46,56,58-64,66,80-81H,31-34,37-44H2,1-8H3,(H,82,95)(H,83,93)(H,84,98)(H,85,99)(H,86,97)(H,87,96)(H,88,94)(H,91,92)(H,102,103)(H,104,105). The highest BCUT2D eigenvalue weighted by atomic mass is 16.5. The maximum atomic E-state index is 15.2. The Hall–Kier alpha value is -11.1. The maximum Gasteiger partial charge on any atom is 0.326 e. The fraction of sp³-hybridized carbons (Fsp3) is 0.418. The Morgan fingerprint density at radius 3 is 1.58 bits per heavy atom. The zero-order valence-corrected chi connectivity index (χ0v) is 61.1. The van der Waals surface area contributed by atoms with Gasteiger partial charge in [-0.3, -0.25) is 47.9 Å². The van der Waals surface area contributed by atoms with Crippen molar-refractivity contribution >= 4 is 92.6 Å². The van der Waals surface area contributed by atoms with Gasteiger partial charge in [-0.25, -0.2) is 9.59 Å². The van der Waals surface area contributed by atoms with E-state index < -0.39 is 155 Å². The van der Waals surface area contributed by atoms with E-state index in [1.165, 1.54) is 48.0 Å². The monoisotopic (exact) mass is 1470 g/mol. The van der Waals surface area contributed by atoms with Crippen molar-refractivity contribution in [3.8, 4) is 5.75 Å². The summed E-state index contributed by atoms with van der Waals surface area (Å²) in [5.41, 5.74) is -0.170. The van der Waals surface area contributed by atoms with Crippen LogP contribution in [0.15, 0.2) is 146 Å². The Bertz CT molecular complexity index is 4320. The van der Waals surface area contributed by atoms with Crippen LogP contribution in [0.5, 0.6) is 5.75 Å². The summed E-state index contributed by atoms with van der Waals surface area (Å²) in [6.07, 6.45) is 1.16. The van der Waals surface area contributed by atoms with Crippen LogP contribution < -0.4 is 52.6 Å². The molecule has 6 aliphatic rings. The SMILES string of the molecule is CNC(C)C(=O)NC(CCC(=O)O)C(=O)N1CC2(C)CC1C(=O)NC(Cc1ccc3ccccc3c1)C(=O)NC(C(=O)O)Cc1ccc(cc1)C(=O)NC1CC(C(=O)NC(Cc3ccc4ccccc4c3)C(=O)NC(C(=O)O)Cc3ccc(cc3)OCC=CCO2)N(C(=O)C(NC(=O)C(C)NC)C(C)(C)C)C1. The number of rotatable bonds is 17. The first-order valence-electron chi connectivity index (χ1n) is 35.7. The van der Waals surface area contributed by atoms with Gasteiger partial charge in [0, 0.05) is 56.7 Å². The third kappa shape index (κ3) is 21.3. The topological polar surface area (TPSA) is 399 Å². The number of aliphatic carboxylic acids is 3. The lowest BCUT2D eigenvalue weighted by molar-refractivity contribution is -0.145. The molecule has 8 bridgehead atoms. The number of hydrogen-bond donors (Lipinski definition) is 12. The number of ether oxygens (including phenoxy) is 2. The number of hydrogen-bond acceptors (Lipinski definition) is 16. The molecular formula is C79H95N11O17. The van der Waals surface area contributed by atoms with Gasteiger partial charge in [0.25, 0.3) is 5.91 Å². The molecule has 0 saturated carbocycles. The Kier molecular flexibility index (Phi) is 26.8. The summed E-state index contributed by atoms with van der Waals surface area (Å²) in [6.45, 7) is 9.43. The Morgan fingerprint density at radius 1 is 0.579 bits per heavy atom. The first-order chi connectivity index (χ1) is 50.9. The molecule has 28 nitrogen and oxygen atoms in total. The number of carbonyl (C=O) groups is 12. The number of carbonyl (C=O) groups excluding carboxylic acids is 9. The summed E-state index contributed by atoms with van der Waals surface area (Å²) in [7, 11) is 3.10. The maximum absolute atomic E-state index is 15.2. The average Bonchev–Trinajstić information content (AvgIpc) is 1.66. The van der Waals surface area contributed by atoms with E-state index in [9.17, 15) is 58.5 Å². The fourth-order valence-electron chi connectivity index (χ4n) is 13.3. The van der Waals surface area contributed by atoms with Crippen LogP contribution in [0.1, 0.15) is 99.8 Å². The van der Waals surface area contributed by atoms with Crippen LogP contribution in [-0.2, 0) is 83.2 Å². The Balaban J connectivity index is 1.06. The first kappa shape index (κ1) is 80.0. The molecule has 2 fully saturated rings. The molecule has 0 aromatic heterocycles. The Labute approximate surface area is 619 Å². The predicted molar refractivity (Wildman–Crippen MR) is 396 cm³/mol. The molecule has 9 amide bonds. The van der Waals surface area contributed by atoms with Crippen molar-refractivity contribution in [2.24, 2.45) is 5.41 Å². The second-order valence-corrected chi connectivity index (χ2v) is 28.9. The summed E-state index contributed by atoms with van der Waals surface area (Å²) in [4.78, 5) is 172. The van der Waals surface area contributed by atoms with Gasteiger partial charge < -0.3 is 82.4 Å². The molecule has 12 atom stereocenters. The number of benzene rings is 6. The Morgan fingerprint density at radius 2 is 1.07 bits per heavy atom. The second kappa shape index (κ2) is 35.8. The molecule has 12 unspecified atom stereocenters. The van der Waals surface area contributed by atoms with E-state index in [4.69, 9.17) is 9.47 Å². The smallest absolute Gasteiger partial charge is 0.326 e. The van der Waals surface area contributed by atoms with Crippen molar-refractivity contribution in [3.63, 3.8) is 0 Å². The van der Waals surface area contributed by atoms with E-state index in [1.54, 1.807) is 90.2 Å². The van der Waals surface area contributed by atoms with E-state index in [0.717, 1.165) is 21.5 Å². The summed E-state index contributed by atoms with van der Waals surface area (Å²) in [5.74, 6) is -10.4. The van der Waals surface area contributed by atoms with Crippen LogP contribution in [0.3, 0.4) is 0 Å². The van der Waals surface area contributed by atoms with Crippen LogP contribution in [0, 0.1) is 5.41 Å². The first-order valence-corrected chi connectivity index (χ1v) is 35.7. The highest BCUT2D eigenvalue weighted by molar-refractivity contribution is 5.99. The minimum absolute atomic E-state index is 0.00458. The quantitative estimate of drug-likeness (QED) is 0.0581. The van der Waals surface area contributed by atoms with Crippen molar-refractivity contribution in [1.29, 1.82) is 0 Å². The van der Waals surface area contributed by atoms with E-state index in [2.05, 4.69) is 47.9 Å². The van der Waals surface area contributed by atoms with Gasteiger partial charge in [-0.2, -0.15) is 0 Å². The van der Waals surface area contributed by atoms with Crippen LogP contribution in [0.2, 0.25) is 0 Å². The predicted octanol–water partition coefficient (Wildman–Crippen LogP) is 3.49. The molecule has 6 aliphatic heterocycles. The molecule has 6 aromatic rings. The third-order valence-electron chi connectivity index (χ3n) is 19.7. The molecule has 6 heterocycles. The van der Waals surface area contributed by atoms with Gasteiger partial charge in [-0.1, -0.05) is 136 Å². The number of fused-ring (bicyclic) bond motifs is 2. The number of carboxylic acids is 3. The van der Waals surface area contributed by atoms with Crippen LogP contribution in [0.4, 0.5) is 0 Å². The molecule has 12 N–H and O–H groups in total. The number of likely N-dealkylation sites (N-methyl/N-ethyl adjacent to an activating group) is 2. The number of amides is 9. The number of nitrogens with zero attached hydrogens (tertiary/aromatic N) is 2. The van der Waals surface area contributed by atoms with E-state index >= 15 is 14.4 Å². The fourth-order valence-corrected chi connectivity index (χ4v) is 13.3. The van der Waals surface area contributed by atoms with E-state index in [0.29, 0.717) is 28.0 Å². The van der Waals surface area contributed by atoms with Gasteiger partial charge in [-0.05, 0) is 127 Å². The molecular weight excluding hydrogens is 1370 g/mol. The van der Waals surface area contributed by atoms with Crippen molar-refractivity contribution in [2.75, 3.05) is 40.4 Å². The summed E-state index contributed by atoms with van der Waals surface area (Å²) in [5, 5.41) is 59.6. The molecule has 2 saturated heterocycles. The number of likely N-dealkylation sites (tertiary alicyclic amines) is 2. The van der Waals surface area contributed by atoms with Crippen LogP contribution >= 0.6 is 0 Å². The highest BCUT2D eigenvalue weighted by Gasteiger charge is 2.50. The van der Waals surface area contributed by atoms with Crippen LogP contribution in [0.25, 0.3) is 21.5 Å². The molecule has 0 spiro atoms. The minimum Gasteiger partial charge on any atom is -0.490 e. The normalized spacial score (nSPS) is 22.7. The third-order valence-corrected chi connectivity index (χ3v) is 19.7. The minimum atomic E-state index is -1.64. The molecule has 0 aliphatic carbocycles. The highest BCUT2D eigenvalue weighted by Crippen LogP contribution is 2.33. The van der Waals surface area contributed by atoms with Gasteiger partial charge in [0.05, 0.1) is 30.8 Å². The lowest BCUT2D eigenvalue weighted by Gasteiger charge is -2.36. The lowest BCUT2D eigenvalue weighted by Crippen LogP contribution is -2.61. The average molecular weight is 1470 g/mol. The van der Waals surface area contributed by atoms with Gasteiger partial charge in [0.15, 0.2) is 0 Å². The van der Waals surface area contributed by atoms with Crippen molar-refractivity contribution in [3.05, 3.63) is 173 Å².